The number of nitrogens with zero attached hydrogens (tertiary/aromatic N) is 2. The number of nitrogens with two attached hydrogens (primary N) is 2. The summed E-state index contributed by atoms with van der Waals surface area (Å²) in [5.41, 5.74) is 18.3. The molecule has 2 rings (SSSR count). The van der Waals surface area contributed by atoms with Crippen molar-refractivity contribution in [1.29, 1.82) is 0 Å². The lowest BCUT2D eigenvalue weighted by Crippen LogP contribution is -2.10. The molecule has 0 saturated carbocycles. The van der Waals surface area contributed by atoms with Gasteiger partial charge in [-0.2, -0.15) is 0 Å². The van der Waals surface area contributed by atoms with Gasteiger partial charge in [0.15, 0.2) is 0 Å². The Labute approximate surface area is 127 Å². The Balaban J connectivity index is 2.26. The second-order valence-corrected chi connectivity index (χ2v) is 5.73. The highest BCUT2D eigenvalue weighted by Gasteiger charge is 2.07. The molecule has 0 amide bonds. The number of benzene rings is 2. The van der Waals surface area contributed by atoms with Gasteiger partial charge in [-0.05, 0) is 35.4 Å². The van der Waals surface area contributed by atoms with Crippen LogP contribution in [0.15, 0.2) is 36.4 Å². The van der Waals surface area contributed by atoms with Crippen LogP contribution in [-0.2, 0) is 6.42 Å². The molecule has 2 aromatic carbocycles. The third-order valence-electron chi connectivity index (χ3n) is 3.67. The number of anilines is 4. The lowest BCUT2D eigenvalue weighted by Gasteiger charge is -2.17. The van der Waals surface area contributed by atoms with E-state index in [1.165, 1.54) is 0 Å². The maximum absolute atomic E-state index is 6.16. The van der Waals surface area contributed by atoms with Crippen LogP contribution in [0.5, 0.6) is 0 Å². The molecule has 0 radical (unpaired) electrons. The summed E-state index contributed by atoms with van der Waals surface area (Å²) in [6, 6.07) is 12.3. The molecular formula is C17H24N4. The van der Waals surface area contributed by atoms with Gasteiger partial charge in [0.25, 0.3) is 0 Å². The van der Waals surface area contributed by atoms with Crippen molar-refractivity contribution in [3.63, 3.8) is 0 Å². The monoisotopic (exact) mass is 284 g/mol. The van der Waals surface area contributed by atoms with Crippen molar-refractivity contribution < 1.29 is 0 Å². The molecule has 0 unspecified atom stereocenters. The predicted octanol–water partition coefficient (Wildman–Crippen LogP) is 2.57. The van der Waals surface area contributed by atoms with E-state index in [0.29, 0.717) is 0 Å². The highest BCUT2D eigenvalue weighted by molar-refractivity contribution is 5.64. The van der Waals surface area contributed by atoms with Crippen LogP contribution in [0.3, 0.4) is 0 Å². The van der Waals surface area contributed by atoms with Gasteiger partial charge in [-0.3, -0.25) is 0 Å². The summed E-state index contributed by atoms with van der Waals surface area (Å²) < 4.78 is 0. The number of hydrogen-bond donors (Lipinski definition) is 2. The van der Waals surface area contributed by atoms with Gasteiger partial charge in [0.05, 0.1) is 0 Å². The minimum Gasteiger partial charge on any atom is -0.398 e. The lowest BCUT2D eigenvalue weighted by atomic mass is 10.0. The van der Waals surface area contributed by atoms with E-state index in [4.69, 9.17) is 11.5 Å². The van der Waals surface area contributed by atoms with Crippen LogP contribution in [-0.4, -0.2) is 28.2 Å². The van der Waals surface area contributed by atoms with Gasteiger partial charge in [-0.25, -0.2) is 0 Å². The fourth-order valence-electron chi connectivity index (χ4n) is 2.25. The Bertz CT molecular complexity index is 577. The summed E-state index contributed by atoms with van der Waals surface area (Å²) in [6.07, 6.45) is 0.749. The number of nitrogen functional groups attached to an aromatic ring is 2. The molecule has 4 heteroatoms. The Hall–Kier alpha value is -2.36. The zero-order valence-electron chi connectivity index (χ0n) is 13.2. The highest BCUT2D eigenvalue weighted by atomic mass is 15.1. The van der Waals surface area contributed by atoms with Gasteiger partial charge in [0.2, 0.25) is 0 Å². The van der Waals surface area contributed by atoms with Gasteiger partial charge in [0.1, 0.15) is 0 Å². The van der Waals surface area contributed by atoms with E-state index < -0.39 is 0 Å². The fourth-order valence-corrected chi connectivity index (χ4v) is 2.25. The zero-order valence-corrected chi connectivity index (χ0v) is 13.2. The molecule has 4 N–H and O–H groups in total. The maximum atomic E-state index is 6.16. The van der Waals surface area contributed by atoms with Crippen molar-refractivity contribution in [3.05, 3.63) is 47.5 Å². The smallest absolute Gasteiger partial charge is 0.0381 e. The van der Waals surface area contributed by atoms with Crippen molar-refractivity contribution >= 4 is 22.7 Å². The molecule has 0 aliphatic rings. The number of rotatable bonds is 4. The predicted molar refractivity (Wildman–Crippen MR) is 93.2 cm³/mol. The summed E-state index contributed by atoms with van der Waals surface area (Å²) in [6.45, 7) is 0. The zero-order chi connectivity index (χ0) is 15.6. The molecule has 0 bridgehead atoms. The molecule has 112 valence electrons. The standard InChI is InChI=1S/C17H24N4/c1-20(2)14-7-5-12(16(18)10-14)9-13-6-8-15(21(3)4)11-17(13)19/h5-8,10-11H,9,18-19H2,1-4H3. The average molecular weight is 284 g/mol. The van der Waals surface area contributed by atoms with E-state index >= 15 is 0 Å². The minimum atomic E-state index is 0.749. The molecule has 0 spiro atoms. The molecule has 0 saturated heterocycles. The second kappa shape index (κ2) is 5.95. The average Bonchev–Trinajstić information content (AvgIpc) is 2.42. The molecule has 4 nitrogen and oxygen atoms in total. The third kappa shape index (κ3) is 3.40. The molecule has 0 atom stereocenters. The van der Waals surface area contributed by atoms with E-state index in [2.05, 4.69) is 24.3 Å². The maximum Gasteiger partial charge on any atom is 0.0381 e. The Morgan fingerprint density at radius 3 is 1.38 bits per heavy atom. The van der Waals surface area contributed by atoms with Gasteiger partial charge in [-0.1, -0.05) is 12.1 Å². The van der Waals surface area contributed by atoms with Crippen LogP contribution in [0, 0.1) is 0 Å². The van der Waals surface area contributed by atoms with Crippen molar-refractivity contribution in [1.82, 2.24) is 0 Å². The normalized spacial score (nSPS) is 10.5. The van der Waals surface area contributed by atoms with Crippen LogP contribution >= 0.6 is 0 Å². The van der Waals surface area contributed by atoms with Gasteiger partial charge < -0.3 is 21.3 Å². The van der Waals surface area contributed by atoms with Gasteiger partial charge >= 0.3 is 0 Å². The van der Waals surface area contributed by atoms with Crippen LogP contribution in [0.1, 0.15) is 11.1 Å². The first-order valence-corrected chi connectivity index (χ1v) is 7.00. The van der Waals surface area contributed by atoms with Crippen molar-refractivity contribution in [3.8, 4) is 0 Å². The van der Waals surface area contributed by atoms with Crippen molar-refractivity contribution in [2.45, 2.75) is 6.42 Å². The summed E-state index contributed by atoms with van der Waals surface area (Å²) in [5, 5.41) is 0. The lowest BCUT2D eigenvalue weighted by molar-refractivity contribution is 1.11. The Kier molecular flexibility index (Phi) is 4.26. The Morgan fingerprint density at radius 1 is 0.714 bits per heavy atom. The van der Waals surface area contributed by atoms with Crippen molar-refractivity contribution in [2.75, 3.05) is 49.5 Å². The van der Waals surface area contributed by atoms with E-state index in [0.717, 1.165) is 40.3 Å². The van der Waals surface area contributed by atoms with E-state index in [1.807, 2.05) is 50.1 Å². The largest absolute Gasteiger partial charge is 0.398 e. The quantitative estimate of drug-likeness (QED) is 0.847. The van der Waals surface area contributed by atoms with Crippen molar-refractivity contribution in [2.24, 2.45) is 0 Å². The van der Waals surface area contributed by atoms with Gasteiger partial charge in [-0.15, -0.1) is 0 Å². The van der Waals surface area contributed by atoms with Gasteiger partial charge in [0, 0.05) is 57.4 Å². The summed E-state index contributed by atoms with van der Waals surface area (Å²) >= 11 is 0. The topological polar surface area (TPSA) is 58.5 Å². The first-order chi connectivity index (χ1) is 9.88. The molecule has 0 fully saturated rings. The second-order valence-electron chi connectivity index (χ2n) is 5.73. The summed E-state index contributed by atoms with van der Waals surface area (Å²) in [7, 11) is 8.03. The highest BCUT2D eigenvalue weighted by Crippen LogP contribution is 2.26. The van der Waals surface area contributed by atoms with Crippen LogP contribution in [0.2, 0.25) is 0 Å². The summed E-state index contributed by atoms with van der Waals surface area (Å²) in [4.78, 5) is 4.08. The molecular weight excluding hydrogens is 260 g/mol. The Morgan fingerprint density at radius 2 is 1.10 bits per heavy atom. The minimum absolute atomic E-state index is 0.749. The fraction of sp³-hybridized carbons (Fsp3) is 0.294. The first kappa shape index (κ1) is 15.0. The third-order valence-corrected chi connectivity index (χ3v) is 3.67. The molecule has 0 aliphatic heterocycles. The van der Waals surface area contributed by atoms with E-state index in [1.54, 1.807) is 0 Å². The molecule has 2 aromatic rings. The molecule has 0 heterocycles. The van der Waals surface area contributed by atoms with E-state index in [9.17, 15) is 0 Å². The molecule has 21 heavy (non-hydrogen) atoms. The van der Waals surface area contributed by atoms with Crippen LogP contribution < -0.4 is 21.3 Å². The van der Waals surface area contributed by atoms with Crippen LogP contribution in [0.4, 0.5) is 22.7 Å². The SMILES string of the molecule is CN(C)c1ccc(Cc2ccc(N(C)C)cc2N)c(N)c1. The first-order valence-electron chi connectivity index (χ1n) is 7.00. The number of hydrogen-bond acceptors (Lipinski definition) is 4. The summed E-state index contributed by atoms with van der Waals surface area (Å²) in [5.74, 6) is 0. The van der Waals surface area contributed by atoms with E-state index in [-0.39, 0.29) is 0 Å². The van der Waals surface area contributed by atoms with Crippen LogP contribution in [0.25, 0.3) is 0 Å². The molecule has 0 aromatic heterocycles. The molecule has 0 aliphatic carbocycles.